The molecule has 136 valence electrons. The van der Waals surface area contributed by atoms with Crippen molar-refractivity contribution in [1.82, 2.24) is 0 Å². The topological polar surface area (TPSA) is 0 Å². The quantitative estimate of drug-likeness (QED) is 0.355. The Morgan fingerprint density at radius 3 is 1.30 bits per heavy atom. The summed E-state index contributed by atoms with van der Waals surface area (Å²) in [5, 5.41) is 0. The minimum absolute atomic E-state index is 0.741. The number of hydrogen-bond donors (Lipinski definition) is 0. The van der Waals surface area contributed by atoms with E-state index in [-0.39, 0.29) is 0 Å². The van der Waals surface area contributed by atoms with Gasteiger partial charge in [0.2, 0.25) is 0 Å². The summed E-state index contributed by atoms with van der Waals surface area (Å²) in [4.78, 5) is 0. The second-order valence-corrected chi connectivity index (χ2v) is 8.82. The second kappa shape index (κ2) is 10.8. The molecule has 0 aromatic heterocycles. The van der Waals surface area contributed by atoms with Crippen LogP contribution < -0.4 is 0 Å². The van der Waals surface area contributed by atoms with Gasteiger partial charge in [-0.15, -0.1) is 0 Å². The molecular formula is C23H44. The lowest BCUT2D eigenvalue weighted by Crippen LogP contribution is -2.40. The minimum atomic E-state index is 0.741. The van der Waals surface area contributed by atoms with Gasteiger partial charge in [0.05, 0.1) is 0 Å². The van der Waals surface area contributed by atoms with Crippen molar-refractivity contribution in [3.8, 4) is 0 Å². The van der Waals surface area contributed by atoms with Crippen molar-refractivity contribution in [2.75, 3.05) is 0 Å². The average Bonchev–Trinajstić information content (AvgIpc) is 2.62. The molecule has 2 saturated carbocycles. The highest BCUT2D eigenvalue weighted by atomic mass is 14.5. The van der Waals surface area contributed by atoms with Crippen LogP contribution in [-0.4, -0.2) is 0 Å². The molecule has 0 heteroatoms. The first-order valence-electron chi connectivity index (χ1n) is 11.3. The SMILES string of the molecule is CCCCCC(CCCCC)(C1CCCCC1)C1CCCCC1. The van der Waals surface area contributed by atoms with Crippen LogP contribution in [0.3, 0.4) is 0 Å². The van der Waals surface area contributed by atoms with E-state index in [1.165, 1.54) is 77.0 Å². The molecule has 2 rings (SSSR count). The van der Waals surface area contributed by atoms with Gasteiger partial charge in [-0.25, -0.2) is 0 Å². The lowest BCUT2D eigenvalue weighted by molar-refractivity contribution is 0.000349. The van der Waals surface area contributed by atoms with Crippen LogP contribution in [-0.2, 0) is 0 Å². The van der Waals surface area contributed by atoms with E-state index in [0.29, 0.717) is 0 Å². The van der Waals surface area contributed by atoms with Gasteiger partial charge < -0.3 is 0 Å². The molecule has 0 unspecified atom stereocenters. The Morgan fingerprint density at radius 2 is 0.957 bits per heavy atom. The fourth-order valence-electron chi connectivity index (χ4n) is 6.04. The Labute approximate surface area is 147 Å². The van der Waals surface area contributed by atoms with Gasteiger partial charge in [-0.2, -0.15) is 0 Å². The van der Waals surface area contributed by atoms with Gasteiger partial charge in [0, 0.05) is 0 Å². The molecule has 2 aliphatic rings. The standard InChI is InChI=1S/C23H44/c1-3-5-13-19-23(20-14-6-4-2,21-15-9-7-10-16-21)22-17-11-8-12-18-22/h21-22H,3-20H2,1-2H3. The number of rotatable bonds is 10. The van der Waals surface area contributed by atoms with E-state index in [4.69, 9.17) is 0 Å². The molecule has 0 aliphatic heterocycles. The predicted molar refractivity (Wildman–Crippen MR) is 104 cm³/mol. The van der Waals surface area contributed by atoms with E-state index in [1.54, 1.807) is 38.5 Å². The fourth-order valence-corrected chi connectivity index (χ4v) is 6.04. The van der Waals surface area contributed by atoms with Crippen LogP contribution in [0.15, 0.2) is 0 Å². The van der Waals surface area contributed by atoms with Crippen LogP contribution in [0.4, 0.5) is 0 Å². The maximum Gasteiger partial charge on any atom is -0.0241 e. The van der Waals surface area contributed by atoms with Crippen LogP contribution in [0, 0.1) is 17.3 Å². The summed E-state index contributed by atoms with van der Waals surface area (Å²) in [6.45, 7) is 4.75. The van der Waals surface area contributed by atoms with Crippen LogP contribution in [0.2, 0.25) is 0 Å². The maximum absolute atomic E-state index is 2.37. The first kappa shape index (κ1) is 19.3. The molecule has 0 aromatic rings. The number of hydrogen-bond acceptors (Lipinski definition) is 0. The molecule has 0 spiro atoms. The van der Waals surface area contributed by atoms with E-state index >= 15 is 0 Å². The van der Waals surface area contributed by atoms with Crippen molar-refractivity contribution >= 4 is 0 Å². The van der Waals surface area contributed by atoms with Crippen LogP contribution in [0.25, 0.3) is 0 Å². The molecule has 0 N–H and O–H groups in total. The van der Waals surface area contributed by atoms with Gasteiger partial charge in [0.1, 0.15) is 0 Å². The molecule has 0 amide bonds. The summed E-state index contributed by atoms with van der Waals surface area (Å²) in [6, 6.07) is 0. The molecular weight excluding hydrogens is 276 g/mol. The van der Waals surface area contributed by atoms with Crippen LogP contribution in [0.1, 0.15) is 129 Å². The summed E-state index contributed by atoms with van der Waals surface area (Å²) < 4.78 is 0. The minimum Gasteiger partial charge on any atom is -0.0654 e. The molecule has 2 aliphatic carbocycles. The van der Waals surface area contributed by atoms with Gasteiger partial charge >= 0.3 is 0 Å². The van der Waals surface area contributed by atoms with E-state index in [2.05, 4.69) is 13.8 Å². The van der Waals surface area contributed by atoms with Gasteiger partial charge in [0.15, 0.2) is 0 Å². The number of unbranched alkanes of at least 4 members (excludes halogenated alkanes) is 4. The molecule has 0 nitrogen and oxygen atoms in total. The van der Waals surface area contributed by atoms with E-state index in [1.807, 2.05) is 0 Å². The van der Waals surface area contributed by atoms with Gasteiger partial charge in [-0.3, -0.25) is 0 Å². The first-order valence-corrected chi connectivity index (χ1v) is 11.3. The molecule has 0 saturated heterocycles. The Bertz CT molecular complexity index is 250. The van der Waals surface area contributed by atoms with Gasteiger partial charge in [0.25, 0.3) is 0 Å². The Hall–Kier alpha value is 0. The zero-order valence-corrected chi connectivity index (χ0v) is 16.4. The van der Waals surface area contributed by atoms with Crippen molar-refractivity contribution in [3.63, 3.8) is 0 Å². The maximum atomic E-state index is 2.37. The van der Waals surface area contributed by atoms with Crippen molar-refractivity contribution < 1.29 is 0 Å². The summed E-state index contributed by atoms with van der Waals surface area (Å²) >= 11 is 0. The third-order valence-electron chi connectivity index (χ3n) is 7.33. The monoisotopic (exact) mass is 320 g/mol. The first-order chi connectivity index (χ1) is 11.3. The van der Waals surface area contributed by atoms with Gasteiger partial charge in [-0.1, -0.05) is 90.9 Å². The highest BCUT2D eigenvalue weighted by Gasteiger charge is 2.44. The van der Waals surface area contributed by atoms with E-state index in [9.17, 15) is 0 Å². The Kier molecular flexibility index (Phi) is 9.06. The summed E-state index contributed by atoms with van der Waals surface area (Å²) in [7, 11) is 0. The van der Waals surface area contributed by atoms with Crippen LogP contribution >= 0.6 is 0 Å². The Morgan fingerprint density at radius 1 is 0.565 bits per heavy atom. The highest BCUT2D eigenvalue weighted by molar-refractivity contribution is 4.94. The summed E-state index contributed by atoms with van der Waals surface area (Å²) in [6.07, 6.45) is 27.3. The van der Waals surface area contributed by atoms with E-state index < -0.39 is 0 Å². The molecule has 0 atom stereocenters. The molecule has 23 heavy (non-hydrogen) atoms. The lowest BCUT2D eigenvalue weighted by atomic mass is 9.55. The van der Waals surface area contributed by atoms with Crippen molar-refractivity contribution in [3.05, 3.63) is 0 Å². The van der Waals surface area contributed by atoms with Crippen molar-refractivity contribution in [2.45, 2.75) is 129 Å². The smallest absolute Gasteiger partial charge is 0.0241 e. The fraction of sp³-hybridized carbons (Fsp3) is 1.00. The largest absolute Gasteiger partial charge is 0.0654 e. The molecule has 0 aromatic carbocycles. The third-order valence-corrected chi connectivity index (χ3v) is 7.33. The zero-order valence-electron chi connectivity index (χ0n) is 16.4. The normalized spacial score (nSPS) is 21.7. The third kappa shape index (κ3) is 5.50. The van der Waals surface area contributed by atoms with Crippen molar-refractivity contribution in [2.24, 2.45) is 17.3 Å². The predicted octanol–water partition coefficient (Wildman–Crippen LogP) is 8.29. The highest BCUT2D eigenvalue weighted by Crippen LogP contribution is 2.54. The van der Waals surface area contributed by atoms with Crippen molar-refractivity contribution in [1.29, 1.82) is 0 Å². The summed E-state index contributed by atoms with van der Waals surface area (Å²) in [5.74, 6) is 2.15. The van der Waals surface area contributed by atoms with Crippen LogP contribution in [0.5, 0.6) is 0 Å². The molecule has 0 bridgehead atoms. The van der Waals surface area contributed by atoms with E-state index in [0.717, 1.165) is 17.3 Å². The molecule has 0 radical (unpaired) electrons. The average molecular weight is 321 g/mol. The zero-order chi connectivity index (χ0) is 16.4. The van der Waals surface area contributed by atoms with Gasteiger partial charge in [-0.05, 0) is 55.8 Å². The summed E-state index contributed by atoms with van der Waals surface area (Å²) in [5.41, 5.74) is 0.741. The second-order valence-electron chi connectivity index (χ2n) is 8.82. The molecule has 2 fully saturated rings. The molecule has 0 heterocycles. The Balaban J connectivity index is 2.13. The lowest BCUT2D eigenvalue weighted by Gasteiger charge is -2.50.